The number of aliphatic hydroxyl groups excluding tert-OH is 1. The van der Waals surface area contributed by atoms with Crippen molar-refractivity contribution in [3.8, 4) is 0 Å². The summed E-state index contributed by atoms with van der Waals surface area (Å²) in [6.07, 6.45) is 1.43. The van der Waals surface area contributed by atoms with Crippen molar-refractivity contribution in [3.05, 3.63) is 107 Å². The number of nitrogens with one attached hydrogen (secondary N) is 3. The predicted molar refractivity (Wildman–Crippen MR) is 152 cm³/mol. The van der Waals surface area contributed by atoms with Crippen LogP contribution in [0.4, 0.5) is 22.7 Å². The van der Waals surface area contributed by atoms with E-state index >= 15 is 0 Å². The highest BCUT2D eigenvalue weighted by Gasteiger charge is 2.17. The van der Waals surface area contributed by atoms with Crippen LogP contribution in [0.1, 0.15) is 50.5 Å². The summed E-state index contributed by atoms with van der Waals surface area (Å²) < 4.78 is 0. The molecule has 0 spiro atoms. The van der Waals surface area contributed by atoms with E-state index in [1.807, 2.05) is 56.3 Å². The lowest BCUT2D eigenvalue weighted by Gasteiger charge is -2.31. The number of aromatic nitrogens is 1. The second-order valence-corrected chi connectivity index (χ2v) is 9.82. The molecule has 7 nitrogen and oxygen atoms in total. The van der Waals surface area contributed by atoms with Gasteiger partial charge in [0.15, 0.2) is 5.78 Å². The molecule has 38 heavy (non-hydrogen) atoms. The van der Waals surface area contributed by atoms with Crippen molar-refractivity contribution in [2.45, 2.75) is 32.8 Å². The second kappa shape index (κ2) is 10.9. The Morgan fingerprint density at radius 3 is 1.87 bits per heavy atom. The molecular weight excluding hydrogens is 476 g/mol. The number of nitrogens with zero attached hydrogens (tertiary/aromatic N) is 1. The lowest BCUT2D eigenvalue weighted by Crippen LogP contribution is -2.35. The Hall–Kier alpha value is -4.36. The molecule has 0 bridgehead atoms. The standard InChI is InChI=1S/C31H32N4O3/c1-20-19-29(21(2)32-20)31(38)34-26-9-5-23(6-10-26)30(37)22-3-7-24(8-4-22)33-25-11-13-27(14-12-25)35-17-15-28(36)16-18-35/h3-14,19,28,32-33,36H,15-18H2,1-2H3,(H,34,38). The monoisotopic (exact) mass is 508 g/mol. The molecule has 1 aliphatic rings. The normalized spacial score (nSPS) is 13.8. The second-order valence-electron chi connectivity index (χ2n) is 9.82. The van der Waals surface area contributed by atoms with Crippen molar-refractivity contribution in [2.24, 2.45) is 0 Å². The minimum absolute atomic E-state index is 0.0810. The molecular formula is C31H32N4O3. The number of anilines is 4. The third kappa shape index (κ3) is 5.79. The lowest BCUT2D eigenvalue weighted by atomic mass is 10.0. The number of carbonyl (C=O) groups excluding carboxylic acids is 2. The zero-order valence-corrected chi connectivity index (χ0v) is 21.6. The Morgan fingerprint density at radius 2 is 1.34 bits per heavy atom. The largest absolute Gasteiger partial charge is 0.393 e. The Kier molecular flexibility index (Phi) is 7.29. The van der Waals surface area contributed by atoms with Gasteiger partial charge >= 0.3 is 0 Å². The van der Waals surface area contributed by atoms with Gasteiger partial charge in [0.2, 0.25) is 0 Å². The zero-order chi connectivity index (χ0) is 26.6. The van der Waals surface area contributed by atoms with E-state index in [1.165, 1.54) is 0 Å². The number of hydrogen-bond donors (Lipinski definition) is 4. The van der Waals surface area contributed by atoms with Crippen molar-refractivity contribution in [1.29, 1.82) is 0 Å². The van der Waals surface area contributed by atoms with Crippen LogP contribution in [-0.4, -0.2) is 41.0 Å². The molecule has 3 aromatic carbocycles. The summed E-state index contributed by atoms with van der Waals surface area (Å²) in [4.78, 5) is 31.0. The van der Waals surface area contributed by atoms with Crippen LogP contribution < -0.4 is 15.5 Å². The number of aliphatic hydroxyl groups is 1. The minimum atomic E-state index is -0.185. The topological polar surface area (TPSA) is 97.5 Å². The van der Waals surface area contributed by atoms with E-state index in [9.17, 15) is 14.7 Å². The number of carbonyl (C=O) groups is 2. The van der Waals surface area contributed by atoms with Gasteiger partial charge in [-0.25, -0.2) is 0 Å². The summed E-state index contributed by atoms with van der Waals surface area (Å²) in [5.41, 5.74) is 7.15. The molecule has 0 atom stereocenters. The zero-order valence-electron chi connectivity index (χ0n) is 21.6. The van der Waals surface area contributed by atoms with Gasteiger partial charge in [-0.2, -0.15) is 0 Å². The molecule has 1 aromatic heterocycles. The Morgan fingerprint density at radius 1 is 0.816 bits per heavy atom. The van der Waals surface area contributed by atoms with Gasteiger partial charge in [0.25, 0.3) is 5.91 Å². The molecule has 0 aliphatic carbocycles. The van der Waals surface area contributed by atoms with Crippen LogP contribution in [0.3, 0.4) is 0 Å². The van der Waals surface area contributed by atoms with E-state index in [-0.39, 0.29) is 17.8 Å². The summed E-state index contributed by atoms with van der Waals surface area (Å²) in [7, 11) is 0. The molecule has 5 rings (SSSR count). The first-order valence-corrected chi connectivity index (χ1v) is 12.9. The average Bonchev–Trinajstić information content (AvgIpc) is 3.28. The average molecular weight is 509 g/mol. The molecule has 2 heterocycles. The van der Waals surface area contributed by atoms with E-state index in [4.69, 9.17) is 0 Å². The highest BCUT2D eigenvalue weighted by atomic mass is 16.3. The first kappa shape index (κ1) is 25.3. The Bertz CT molecular complexity index is 1420. The molecule has 0 unspecified atom stereocenters. The van der Waals surface area contributed by atoms with Gasteiger partial charge < -0.3 is 25.6 Å². The maximum absolute atomic E-state index is 13.0. The van der Waals surface area contributed by atoms with E-state index in [0.29, 0.717) is 22.4 Å². The van der Waals surface area contributed by atoms with Crippen LogP contribution in [0.25, 0.3) is 0 Å². The van der Waals surface area contributed by atoms with Crippen molar-refractivity contribution in [2.75, 3.05) is 28.6 Å². The fourth-order valence-corrected chi connectivity index (χ4v) is 4.78. The number of aromatic amines is 1. The van der Waals surface area contributed by atoms with Crippen LogP contribution in [0.15, 0.2) is 78.9 Å². The number of aryl methyl sites for hydroxylation is 2. The number of rotatable bonds is 7. The maximum atomic E-state index is 13.0. The van der Waals surface area contributed by atoms with Crippen molar-refractivity contribution in [1.82, 2.24) is 4.98 Å². The molecule has 7 heteroatoms. The van der Waals surface area contributed by atoms with Crippen molar-refractivity contribution >= 4 is 34.4 Å². The lowest BCUT2D eigenvalue weighted by molar-refractivity contribution is 0.102. The van der Waals surface area contributed by atoms with E-state index < -0.39 is 0 Å². The van der Waals surface area contributed by atoms with Crippen LogP contribution >= 0.6 is 0 Å². The summed E-state index contributed by atoms with van der Waals surface area (Å²) in [5, 5.41) is 16.0. The van der Waals surface area contributed by atoms with Crippen LogP contribution in [0.5, 0.6) is 0 Å². The van der Waals surface area contributed by atoms with Gasteiger partial charge in [0.1, 0.15) is 0 Å². The van der Waals surface area contributed by atoms with Crippen molar-refractivity contribution in [3.63, 3.8) is 0 Å². The maximum Gasteiger partial charge on any atom is 0.257 e. The summed E-state index contributed by atoms with van der Waals surface area (Å²) in [6, 6.07) is 24.4. The quantitative estimate of drug-likeness (QED) is 0.236. The molecule has 1 aliphatic heterocycles. The van der Waals surface area contributed by atoms with Gasteiger partial charge in [-0.1, -0.05) is 0 Å². The van der Waals surface area contributed by atoms with Crippen LogP contribution in [-0.2, 0) is 0 Å². The van der Waals surface area contributed by atoms with Gasteiger partial charge in [0, 0.05) is 58.4 Å². The highest BCUT2D eigenvalue weighted by Crippen LogP contribution is 2.25. The number of hydrogen-bond acceptors (Lipinski definition) is 5. The predicted octanol–water partition coefficient (Wildman–Crippen LogP) is 5.82. The number of H-pyrrole nitrogens is 1. The first-order chi connectivity index (χ1) is 18.4. The molecule has 4 N–H and O–H groups in total. The molecule has 0 radical (unpaired) electrons. The molecule has 1 saturated heterocycles. The fourth-order valence-electron chi connectivity index (χ4n) is 4.78. The summed E-state index contributed by atoms with van der Waals surface area (Å²) >= 11 is 0. The smallest absolute Gasteiger partial charge is 0.257 e. The number of piperidine rings is 1. The highest BCUT2D eigenvalue weighted by molar-refractivity contribution is 6.10. The molecule has 1 amide bonds. The first-order valence-electron chi connectivity index (χ1n) is 12.9. The summed E-state index contributed by atoms with van der Waals surface area (Å²) in [5.74, 6) is -0.266. The van der Waals surface area contributed by atoms with Crippen LogP contribution in [0.2, 0.25) is 0 Å². The van der Waals surface area contributed by atoms with E-state index in [0.717, 1.165) is 54.4 Å². The number of amides is 1. The van der Waals surface area contributed by atoms with Crippen LogP contribution in [0, 0.1) is 13.8 Å². The van der Waals surface area contributed by atoms with Gasteiger partial charge in [0.05, 0.1) is 11.7 Å². The third-order valence-electron chi connectivity index (χ3n) is 6.93. The SMILES string of the molecule is Cc1cc(C(=O)Nc2ccc(C(=O)c3ccc(Nc4ccc(N5CCC(O)CC5)cc4)cc3)cc2)c(C)[nH]1. The molecule has 1 fully saturated rings. The minimum Gasteiger partial charge on any atom is -0.393 e. The summed E-state index contributed by atoms with van der Waals surface area (Å²) in [6.45, 7) is 5.51. The Labute approximate surface area is 222 Å². The van der Waals surface area contributed by atoms with Gasteiger partial charge in [-0.3, -0.25) is 9.59 Å². The third-order valence-corrected chi connectivity index (χ3v) is 6.93. The molecule has 194 valence electrons. The number of ketones is 1. The number of benzene rings is 3. The molecule has 4 aromatic rings. The van der Waals surface area contributed by atoms with Gasteiger partial charge in [-0.05, 0) is 106 Å². The molecule has 0 saturated carbocycles. The Balaban J connectivity index is 1.18. The van der Waals surface area contributed by atoms with E-state index in [1.54, 1.807) is 24.3 Å². The van der Waals surface area contributed by atoms with Gasteiger partial charge in [-0.15, -0.1) is 0 Å². The van der Waals surface area contributed by atoms with E-state index in [2.05, 4.69) is 32.7 Å². The fraction of sp³-hybridized carbons (Fsp3) is 0.226. The van der Waals surface area contributed by atoms with Crippen molar-refractivity contribution < 1.29 is 14.7 Å².